The summed E-state index contributed by atoms with van der Waals surface area (Å²) >= 11 is 0. The molecular weight excluding hydrogens is 265 g/mol. The fourth-order valence-electron chi connectivity index (χ4n) is 2.95. The van der Waals surface area contributed by atoms with E-state index in [0.29, 0.717) is 0 Å². The highest BCUT2D eigenvalue weighted by Gasteiger charge is 2.19. The molecule has 3 nitrogen and oxygen atoms in total. The molecule has 0 fully saturated rings. The summed E-state index contributed by atoms with van der Waals surface area (Å²) < 4.78 is 14.0. The summed E-state index contributed by atoms with van der Waals surface area (Å²) in [5, 5.41) is 7.63. The van der Waals surface area contributed by atoms with Gasteiger partial charge in [-0.1, -0.05) is 30.3 Å². The molecule has 0 saturated carbocycles. The first-order valence-electron chi connectivity index (χ1n) is 7.11. The third-order valence-corrected chi connectivity index (χ3v) is 4.02. The van der Waals surface area contributed by atoms with Gasteiger partial charge >= 0.3 is 0 Å². The number of anilines is 1. The van der Waals surface area contributed by atoms with Crippen molar-refractivity contribution in [1.82, 2.24) is 0 Å². The Bertz CT molecular complexity index is 654. The normalized spacial score (nSPS) is 14.4. The summed E-state index contributed by atoms with van der Waals surface area (Å²) in [6.07, 6.45) is 1.84. The molecule has 1 aliphatic heterocycles. The van der Waals surface area contributed by atoms with Crippen molar-refractivity contribution in [3.63, 3.8) is 0 Å². The first kappa shape index (κ1) is 13.6. The smallest absolute Gasteiger partial charge is 0.136 e. The van der Waals surface area contributed by atoms with Crippen molar-refractivity contribution in [1.29, 1.82) is 5.41 Å². The minimum atomic E-state index is -0.429. The van der Waals surface area contributed by atoms with Crippen LogP contribution in [-0.2, 0) is 12.8 Å². The maximum absolute atomic E-state index is 14.0. The maximum Gasteiger partial charge on any atom is 0.136 e. The van der Waals surface area contributed by atoms with Crippen molar-refractivity contribution in [3.8, 4) is 0 Å². The molecule has 0 amide bonds. The van der Waals surface area contributed by atoms with E-state index in [1.54, 1.807) is 6.07 Å². The van der Waals surface area contributed by atoms with Gasteiger partial charge in [0.2, 0.25) is 0 Å². The van der Waals surface area contributed by atoms with Crippen LogP contribution < -0.4 is 10.6 Å². The van der Waals surface area contributed by atoms with E-state index in [4.69, 9.17) is 11.1 Å². The molecule has 0 bridgehead atoms. The summed E-state index contributed by atoms with van der Waals surface area (Å²) in [6, 6.07) is 13.3. The summed E-state index contributed by atoms with van der Waals surface area (Å²) in [5.74, 6) is -0.647. The van der Waals surface area contributed by atoms with Crippen LogP contribution in [0.1, 0.15) is 16.7 Å². The Balaban J connectivity index is 1.93. The van der Waals surface area contributed by atoms with Gasteiger partial charge in [-0.05, 0) is 36.1 Å². The van der Waals surface area contributed by atoms with Crippen LogP contribution >= 0.6 is 0 Å². The summed E-state index contributed by atoms with van der Waals surface area (Å²) in [7, 11) is 0. The van der Waals surface area contributed by atoms with E-state index in [1.165, 1.54) is 17.2 Å². The Hall–Kier alpha value is -2.36. The molecule has 0 saturated heterocycles. The molecule has 0 aromatic heterocycles. The predicted molar refractivity (Wildman–Crippen MR) is 83.5 cm³/mol. The molecule has 0 radical (unpaired) electrons. The zero-order valence-electron chi connectivity index (χ0n) is 11.8. The van der Waals surface area contributed by atoms with Crippen molar-refractivity contribution in [2.45, 2.75) is 12.8 Å². The lowest BCUT2D eigenvalue weighted by Gasteiger charge is -2.25. The minimum Gasteiger partial charge on any atom is -0.384 e. The highest BCUT2D eigenvalue weighted by molar-refractivity contribution is 6.00. The number of amidine groups is 1. The molecule has 2 aromatic carbocycles. The van der Waals surface area contributed by atoms with Gasteiger partial charge in [0.1, 0.15) is 11.7 Å². The van der Waals surface area contributed by atoms with Crippen LogP contribution in [-0.4, -0.2) is 18.9 Å². The second-order valence-corrected chi connectivity index (χ2v) is 5.30. The Kier molecular flexibility index (Phi) is 3.60. The van der Waals surface area contributed by atoms with Crippen molar-refractivity contribution in [2.75, 3.05) is 18.0 Å². The summed E-state index contributed by atoms with van der Waals surface area (Å²) in [6.45, 7) is 1.61. The average Bonchev–Trinajstić information content (AvgIpc) is 2.69. The molecule has 3 rings (SSSR count). The lowest BCUT2D eigenvalue weighted by atomic mass is 10.0. The van der Waals surface area contributed by atoms with E-state index in [1.807, 2.05) is 6.07 Å². The van der Waals surface area contributed by atoms with E-state index in [0.717, 1.165) is 31.6 Å². The van der Waals surface area contributed by atoms with Gasteiger partial charge in [-0.25, -0.2) is 4.39 Å². The quantitative estimate of drug-likeness (QED) is 0.657. The number of benzene rings is 2. The molecule has 108 valence electrons. The third kappa shape index (κ3) is 2.61. The molecule has 1 heterocycles. The molecule has 0 unspecified atom stereocenters. The number of rotatable bonds is 2. The number of nitrogens with zero attached hydrogens (tertiary/aromatic N) is 1. The van der Waals surface area contributed by atoms with E-state index >= 15 is 0 Å². The van der Waals surface area contributed by atoms with Crippen LogP contribution in [0.2, 0.25) is 0 Å². The SMILES string of the molecule is N=C(N)c1c(F)cccc1N1CCc2ccccc2CC1. The summed E-state index contributed by atoms with van der Waals surface area (Å²) in [4.78, 5) is 2.12. The first-order valence-corrected chi connectivity index (χ1v) is 7.11. The Labute approximate surface area is 123 Å². The van der Waals surface area contributed by atoms with Gasteiger partial charge in [-0.15, -0.1) is 0 Å². The van der Waals surface area contributed by atoms with Crippen LogP contribution in [0.25, 0.3) is 0 Å². The largest absolute Gasteiger partial charge is 0.384 e. The van der Waals surface area contributed by atoms with Crippen molar-refractivity contribution in [2.24, 2.45) is 5.73 Å². The standard InChI is InChI=1S/C17H18FN3/c18-14-6-3-7-15(16(14)17(19)20)21-10-8-12-4-1-2-5-13(12)9-11-21/h1-7H,8-11H2,(H3,19,20). The minimum absolute atomic E-state index is 0.212. The van der Waals surface area contributed by atoms with Gasteiger partial charge in [-0.3, -0.25) is 5.41 Å². The van der Waals surface area contributed by atoms with E-state index in [-0.39, 0.29) is 11.4 Å². The number of fused-ring (bicyclic) bond motifs is 1. The van der Waals surface area contributed by atoms with Gasteiger partial charge in [0.05, 0.1) is 11.3 Å². The highest BCUT2D eigenvalue weighted by Crippen LogP contribution is 2.26. The zero-order valence-corrected chi connectivity index (χ0v) is 11.8. The lowest BCUT2D eigenvalue weighted by molar-refractivity contribution is 0.623. The van der Waals surface area contributed by atoms with Crippen molar-refractivity contribution < 1.29 is 4.39 Å². The topological polar surface area (TPSA) is 53.1 Å². The fourth-order valence-corrected chi connectivity index (χ4v) is 2.95. The maximum atomic E-state index is 14.0. The van der Waals surface area contributed by atoms with Crippen LogP contribution in [0.3, 0.4) is 0 Å². The first-order chi connectivity index (χ1) is 10.2. The molecule has 4 heteroatoms. The predicted octanol–water partition coefficient (Wildman–Crippen LogP) is 2.71. The second kappa shape index (κ2) is 5.56. The Morgan fingerprint density at radius 2 is 1.62 bits per heavy atom. The van der Waals surface area contributed by atoms with Gasteiger partial charge in [0, 0.05) is 13.1 Å². The lowest BCUT2D eigenvalue weighted by Crippen LogP contribution is -2.29. The molecule has 0 aliphatic carbocycles. The van der Waals surface area contributed by atoms with Gasteiger partial charge < -0.3 is 10.6 Å². The Morgan fingerprint density at radius 1 is 1.00 bits per heavy atom. The van der Waals surface area contributed by atoms with Gasteiger partial charge in [-0.2, -0.15) is 0 Å². The number of halogens is 1. The number of nitrogen functional groups attached to an aromatic ring is 1. The molecular formula is C17H18FN3. The third-order valence-electron chi connectivity index (χ3n) is 4.02. The van der Waals surface area contributed by atoms with Crippen molar-refractivity contribution >= 4 is 11.5 Å². The molecule has 2 aromatic rings. The molecule has 1 aliphatic rings. The molecule has 0 atom stereocenters. The zero-order chi connectivity index (χ0) is 14.8. The highest BCUT2D eigenvalue weighted by atomic mass is 19.1. The Morgan fingerprint density at radius 3 is 2.19 bits per heavy atom. The van der Waals surface area contributed by atoms with Crippen LogP contribution in [0.4, 0.5) is 10.1 Å². The second-order valence-electron chi connectivity index (χ2n) is 5.30. The molecule has 21 heavy (non-hydrogen) atoms. The van der Waals surface area contributed by atoms with E-state index in [2.05, 4.69) is 29.2 Å². The summed E-state index contributed by atoms with van der Waals surface area (Å²) in [5.41, 5.74) is 9.19. The van der Waals surface area contributed by atoms with Crippen LogP contribution in [0.15, 0.2) is 42.5 Å². The van der Waals surface area contributed by atoms with Crippen LogP contribution in [0.5, 0.6) is 0 Å². The monoisotopic (exact) mass is 283 g/mol. The van der Waals surface area contributed by atoms with Gasteiger partial charge in [0.15, 0.2) is 0 Å². The average molecular weight is 283 g/mol. The van der Waals surface area contributed by atoms with E-state index < -0.39 is 5.82 Å². The number of hydrogen-bond acceptors (Lipinski definition) is 2. The molecule has 0 spiro atoms. The van der Waals surface area contributed by atoms with Gasteiger partial charge in [0.25, 0.3) is 0 Å². The molecule has 3 N–H and O–H groups in total. The number of hydrogen-bond donors (Lipinski definition) is 2. The van der Waals surface area contributed by atoms with Crippen molar-refractivity contribution in [3.05, 3.63) is 65.0 Å². The van der Waals surface area contributed by atoms with E-state index in [9.17, 15) is 4.39 Å². The number of nitrogens with one attached hydrogen (secondary N) is 1. The number of nitrogens with two attached hydrogens (primary N) is 1. The fraction of sp³-hybridized carbons (Fsp3) is 0.235. The van der Waals surface area contributed by atoms with Crippen LogP contribution in [0, 0.1) is 11.2 Å².